The summed E-state index contributed by atoms with van der Waals surface area (Å²) in [6.07, 6.45) is -4.33. The first-order chi connectivity index (χ1) is 13.7. The number of hydrogen-bond donors (Lipinski definition) is 0. The molecule has 1 aliphatic rings. The van der Waals surface area contributed by atoms with Gasteiger partial charge in [-0.3, -0.25) is 4.79 Å². The van der Waals surface area contributed by atoms with E-state index in [-0.39, 0.29) is 35.6 Å². The zero-order valence-electron chi connectivity index (χ0n) is 14.6. The standard InChI is InChI=1S/C19H12ClF4N3O2/c20-14-8-13(5-6-15(14)21)27-9-11(7-16(27)28)18-25-17(26-29-18)10-1-3-12(4-2-10)19(22,23)24/h1-6,8,11H,7,9H2. The molecule has 1 aromatic heterocycles. The minimum atomic E-state index is -4.43. The van der Waals surface area contributed by atoms with Gasteiger partial charge >= 0.3 is 6.18 Å². The number of alkyl halides is 3. The molecule has 5 nitrogen and oxygen atoms in total. The molecule has 2 aromatic carbocycles. The van der Waals surface area contributed by atoms with Crippen LogP contribution in [0.2, 0.25) is 5.02 Å². The molecular weight excluding hydrogens is 414 g/mol. The number of hydrogen-bond acceptors (Lipinski definition) is 4. The summed E-state index contributed by atoms with van der Waals surface area (Å²) in [5.74, 6) is -0.876. The van der Waals surface area contributed by atoms with Crippen LogP contribution in [-0.4, -0.2) is 22.6 Å². The fraction of sp³-hybridized carbons (Fsp3) is 0.211. The van der Waals surface area contributed by atoms with Crippen LogP contribution in [0.15, 0.2) is 47.0 Å². The molecule has 29 heavy (non-hydrogen) atoms. The predicted octanol–water partition coefficient (Wildman–Crippen LogP) is 5.07. The lowest BCUT2D eigenvalue weighted by atomic mass is 10.1. The SMILES string of the molecule is O=C1CC(c2nc(-c3ccc(C(F)(F)F)cc3)no2)CN1c1ccc(F)c(Cl)c1. The fourth-order valence-corrected chi connectivity index (χ4v) is 3.28. The van der Waals surface area contributed by atoms with Crippen LogP contribution in [0, 0.1) is 5.82 Å². The molecule has 10 heteroatoms. The van der Waals surface area contributed by atoms with E-state index in [1.807, 2.05) is 0 Å². The number of halogens is 5. The van der Waals surface area contributed by atoms with Gasteiger partial charge in [0, 0.05) is 24.2 Å². The number of benzene rings is 2. The molecule has 1 fully saturated rings. The molecule has 1 atom stereocenters. The van der Waals surface area contributed by atoms with Gasteiger partial charge in [0.05, 0.1) is 16.5 Å². The minimum Gasteiger partial charge on any atom is -0.339 e. The van der Waals surface area contributed by atoms with E-state index in [2.05, 4.69) is 10.1 Å². The van der Waals surface area contributed by atoms with Crippen LogP contribution in [0.5, 0.6) is 0 Å². The van der Waals surface area contributed by atoms with E-state index >= 15 is 0 Å². The number of rotatable bonds is 3. The van der Waals surface area contributed by atoms with E-state index in [0.717, 1.165) is 12.1 Å². The molecule has 1 unspecified atom stereocenters. The van der Waals surface area contributed by atoms with Crippen molar-refractivity contribution < 1.29 is 26.9 Å². The summed E-state index contributed by atoms with van der Waals surface area (Å²) in [7, 11) is 0. The first-order valence-corrected chi connectivity index (χ1v) is 8.87. The molecule has 0 bridgehead atoms. The quantitative estimate of drug-likeness (QED) is 0.550. The Kier molecular flexibility index (Phi) is 4.77. The van der Waals surface area contributed by atoms with E-state index < -0.39 is 23.5 Å². The fourth-order valence-electron chi connectivity index (χ4n) is 3.10. The first kappa shape index (κ1) is 19.4. The monoisotopic (exact) mass is 425 g/mol. The van der Waals surface area contributed by atoms with Crippen molar-refractivity contribution in [3.63, 3.8) is 0 Å². The van der Waals surface area contributed by atoms with Gasteiger partial charge in [-0.15, -0.1) is 0 Å². The molecule has 0 radical (unpaired) electrons. The van der Waals surface area contributed by atoms with Crippen molar-refractivity contribution in [3.8, 4) is 11.4 Å². The van der Waals surface area contributed by atoms with Gasteiger partial charge in [0.1, 0.15) is 5.82 Å². The summed E-state index contributed by atoms with van der Waals surface area (Å²) in [6, 6.07) is 8.36. The van der Waals surface area contributed by atoms with Gasteiger partial charge in [-0.05, 0) is 30.3 Å². The number of amides is 1. The Morgan fingerprint density at radius 2 is 1.86 bits per heavy atom. The van der Waals surface area contributed by atoms with Gasteiger partial charge in [-0.25, -0.2) is 4.39 Å². The molecule has 1 aliphatic heterocycles. The van der Waals surface area contributed by atoms with E-state index in [9.17, 15) is 22.4 Å². The Bertz CT molecular complexity index is 1070. The van der Waals surface area contributed by atoms with Gasteiger partial charge < -0.3 is 9.42 Å². The van der Waals surface area contributed by atoms with Crippen molar-refractivity contribution in [1.82, 2.24) is 10.1 Å². The maximum atomic E-state index is 13.3. The van der Waals surface area contributed by atoms with Crippen LogP contribution in [0.25, 0.3) is 11.4 Å². The normalized spacial score (nSPS) is 17.2. The second-order valence-electron chi connectivity index (χ2n) is 6.54. The van der Waals surface area contributed by atoms with Crippen molar-refractivity contribution >= 4 is 23.2 Å². The predicted molar refractivity (Wildman–Crippen MR) is 95.9 cm³/mol. The van der Waals surface area contributed by atoms with Crippen molar-refractivity contribution in [2.75, 3.05) is 11.4 Å². The second-order valence-corrected chi connectivity index (χ2v) is 6.94. The van der Waals surface area contributed by atoms with Gasteiger partial charge in [0.15, 0.2) is 0 Å². The van der Waals surface area contributed by atoms with Gasteiger partial charge in [0.2, 0.25) is 17.6 Å². The van der Waals surface area contributed by atoms with Gasteiger partial charge in [-0.1, -0.05) is 28.9 Å². The van der Waals surface area contributed by atoms with Crippen molar-refractivity contribution in [3.05, 3.63) is 64.8 Å². The van der Waals surface area contributed by atoms with E-state index in [1.165, 1.54) is 35.2 Å². The Morgan fingerprint density at radius 3 is 2.52 bits per heavy atom. The summed E-state index contributed by atoms with van der Waals surface area (Å²) < 4.78 is 56.6. The highest BCUT2D eigenvalue weighted by Crippen LogP contribution is 2.34. The molecule has 4 rings (SSSR count). The third-order valence-electron chi connectivity index (χ3n) is 4.60. The van der Waals surface area contributed by atoms with Crippen LogP contribution in [0.1, 0.15) is 23.8 Å². The molecule has 0 saturated carbocycles. The Labute approximate surface area is 166 Å². The summed E-state index contributed by atoms with van der Waals surface area (Å²) in [4.78, 5) is 18.0. The molecule has 0 spiro atoms. The molecule has 1 saturated heterocycles. The Balaban J connectivity index is 1.52. The summed E-state index contributed by atoms with van der Waals surface area (Å²) in [6.45, 7) is 0.232. The third-order valence-corrected chi connectivity index (χ3v) is 4.89. The number of carbonyl (C=O) groups excluding carboxylic acids is 1. The van der Waals surface area contributed by atoms with E-state index in [0.29, 0.717) is 11.3 Å². The van der Waals surface area contributed by atoms with Gasteiger partial charge in [0.25, 0.3) is 0 Å². The number of carbonyl (C=O) groups is 1. The largest absolute Gasteiger partial charge is 0.416 e. The van der Waals surface area contributed by atoms with Crippen LogP contribution in [0.3, 0.4) is 0 Å². The topological polar surface area (TPSA) is 59.2 Å². The van der Waals surface area contributed by atoms with E-state index in [1.54, 1.807) is 0 Å². The zero-order chi connectivity index (χ0) is 20.8. The first-order valence-electron chi connectivity index (χ1n) is 8.49. The Morgan fingerprint density at radius 1 is 1.14 bits per heavy atom. The smallest absolute Gasteiger partial charge is 0.339 e. The highest BCUT2D eigenvalue weighted by atomic mass is 35.5. The van der Waals surface area contributed by atoms with Gasteiger partial charge in [-0.2, -0.15) is 18.2 Å². The molecule has 1 amide bonds. The average Bonchev–Trinajstić information content (AvgIpc) is 3.30. The minimum absolute atomic E-state index is 0.0962. The van der Waals surface area contributed by atoms with Crippen LogP contribution >= 0.6 is 11.6 Å². The maximum absolute atomic E-state index is 13.3. The van der Waals surface area contributed by atoms with Crippen molar-refractivity contribution in [1.29, 1.82) is 0 Å². The van der Waals surface area contributed by atoms with Crippen LogP contribution < -0.4 is 4.90 Å². The molecule has 2 heterocycles. The Hall–Kier alpha value is -2.94. The number of anilines is 1. The molecule has 0 aliphatic carbocycles. The van der Waals surface area contributed by atoms with Crippen LogP contribution in [-0.2, 0) is 11.0 Å². The highest BCUT2D eigenvalue weighted by Gasteiger charge is 2.35. The number of nitrogens with zero attached hydrogens (tertiary/aromatic N) is 3. The molecule has 3 aromatic rings. The summed E-state index contributed by atoms with van der Waals surface area (Å²) >= 11 is 5.78. The lowest BCUT2D eigenvalue weighted by Gasteiger charge is -2.16. The summed E-state index contributed by atoms with van der Waals surface area (Å²) in [5, 5.41) is 3.71. The maximum Gasteiger partial charge on any atom is 0.416 e. The molecular formula is C19H12ClF4N3O2. The summed E-state index contributed by atoms with van der Waals surface area (Å²) in [5.41, 5.74) is 0.0332. The lowest BCUT2D eigenvalue weighted by Crippen LogP contribution is -2.24. The second kappa shape index (κ2) is 7.14. The third kappa shape index (κ3) is 3.82. The van der Waals surface area contributed by atoms with E-state index in [4.69, 9.17) is 16.1 Å². The average molecular weight is 426 g/mol. The zero-order valence-corrected chi connectivity index (χ0v) is 15.3. The molecule has 150 valence electrons. The molecule has 0 N–H and O–H groups in total. The lowest BCUT2D eigenvalue weighted by molar-refractivity contribution is -0.137. The van der Waals surface area contributed by atoms with Crippen LogP contribution in [0.4, 0.5) is 23.2 Å². The highest BCUT2D eigenvalue weighted by molar-refractivity contribution is 6.31. The van der Waals surface area contributed by atoms with Crippen molar-refractivity contribution in [2.45, 2.75) is 18.5 Å². The number of aromatic nitrogens is 2. The van der Waals surface area contributed by atoms with Crippen molar-refractivity contribution in [2.24, 2.45) is 0 Å².